The smallest absolute Gasteiger partial charge is 0.257 e. The minimum atomic E-state index is -2.89. The molecule has 0 fully saturated rings. The van der Waals surface area contributed by atoms with Crippen LogP contribution in [-0.2, 0) is 0 Å². The zero-order valence-electron chi connectivity index (χ0n) is 6.85. The highest BCUT2D eigenvalue weighted by Gasteiger charge is 2.22. The minimum absolute atomic E-state index is 0.337. The third-order valence-electron chi connectivity index (χ3n) is 1.69. The predicted molar refractivity (Wildman–Crippen MR) is 46.0 cm³/mol. The lowest BCUT2D eigenvalue weighted by atomic mass is 10.1. The van der Waals surface area contributed by atoms with Crippen molar-refractivity contribution in [2.75, 3.05) is 0 Å². The Kier molecular flexibility index (Phi) is 3.23. The molecular weight excluding hydrogens is 219 g/mol. The van der Waals surface area contributed by atoms with Crippen molar-refractivity contribution in [1.29, 1.82) is 0 Å². The zero-order chi connectivity index (χ0) is 10.9. The maximum Gasteiger partial charge on any atom is 0.257 e. The second-order valence-corrected chi connectivity index (χ2v) is 3.09. The first-order valence-corrected chi connectivity index (χ1v) is 4.03. The average molecular weight is 226 g/mol. The Morgan fingerprint density at radius 2 is 1.93 bits per heavy atom. The fraction of sp³-hybridized carbons (Fsp3) is 0.250. The molecule has 78 valence electrons. The van der Waals surface area contributed by atoms with Crippen LogP contribution in [-0.4, -0.2) is 11.5 Å². The van der Waals surface area contributed by atoms with Crippen molar-refractivity contribution in [2.24, 2.45) is 5.73 Å². The van der Waals surface area contributed by atoms with Gasteiger partial charge in [-0.1, -0.05) is 11.6 Å². The molecule has 1 atom stereocenters. The van der Waals surface area contributed by atoms with Crippen molar-refractivity contribution in [1.82, 2.24) is 0 Å². The largest absolute Gasteiger partial charge is 0.506 e. The molecule has 0 bridgehead atoms. The van der Waals surface area contributed by atoms with Gasteiger partial charge in [-0.2, -0.15) is 0 Å². The molecule has 1 rings (SSSR count). The summed E-state index contributed by atoms with van der Waals surface area (Å²) in [5.74, 6) is -1.43. The van der Waals surface area contributed by atoms with Gasteiger partial charge in [-0.25, -0.2) is 13.2 Å². The lowest BCUT2D eigenvalue weighted by Gasteiger charge is -2.13. The SMILES string of the molecule is N[C@@H](c1cc(F)cc(Cl)c1O)C(F)F. The Hall–Kier alpha value is -0.940. The van der Waals surface area contributed by atoms with E-state index in [1.54, 1.807) is 0 Å². The molecule has 1 aromatic carbocycles. The van der Waals surface area contributed by atoms with Gasteiger partial charge in [0.25, 0.3) is 6.43 Å². The maximum absolute atomic E-state index is 12.7. The van der Waals surface area contributed by atoms with E-state index in [4.69, 9.17) is 17.3 Å². The highest BCUT2D eigenvalue weighted by molar-refractivity contribution is 6.32. The summed E-state index contributed by atoms with van der Waals surface area (Å²) in [7, 11) is 0. The first kappa shape index (κ1) is 11.1. The van der Waals surface area contributed by atoms with Crippen LogP contribution in [0.1, 0.15) is 11.6 Å². The van der Waals surface area contributed by atoms with Gasteiger partial charge in [0, 0.05) is 5.56 Å². The summed E-state index contributed by atoms with van der Waals surface area (Å²) in [4.78, 5) is 0. The van der Waals surface area contributed by atoms with Gasteiger partial charge in [0.15, 0.2) is 0 Å². The number of hydrogen-bond acceptors (Lipinski definition) is 2. The number of phenols is 1. The summed E-state index contributed by atoms with van der Waals surface area (Å²) < 4.78 is 37.0. The van der Waals surface area contributed by atoms with Gasteiger partial charge < -0.3 is 10.8 Å². The molecule has 1 aromatic rings. The van der Waals surface area contributed by atoms with Crippen LogP contribution in [0.2, 0.25) is 5.02 Å². The lowest BCUT2D eigenvalue weighted by Crippen LogP contribution is -2.19. The highest BCUT2D eigenvalue weighted by atomic mass is 35.5. The van der Waals surface area contributed by atoms with Crippen molar-refractivity contribution < 1.29 is 18.3 Å². The third-order valence-corrected chi connectivity index (χ3v) is 1.98. The molecule has 3 N–H and O–H groups in total. The van der Waals surface area contributed by atoms with Crippen molar-refractivity contribution in [3.63, 3.8) is 0 Å². The fourth-order valence-corrected chi connectivity index (χ4v) is 1.19. The predicted octanol–water partition coefficient (Wildman–Crippen LogP) is 2.45. The van der Waals surface area contributed by atoms with E-state index in [2.05, 4.69) is 0 Å². The quantitative estimate of drug-likeness (QED) is 0.812. The van der Waals surface area contributed by atoms with Crippen LogP contribution in [0, 0.1) is 5.82 Å². The Bertz CT molecular complexity index is 346. The Balaban J connectivity index is 3.20. The number of hydrogen-bond donors (Lipinski definition) is 2. The summed E-state index contributed by atoms with van der Waals surface area (Å²) in [6.07, 6.45) is -2.89. The fourth-order valence-electron chi connectivity index (χ4n) is 0.976. The van der Waals surface area contributed by atoms with Crippen molar-refractivity contribution in [3.8, 4) is 5.75 Å². The molecule has 0 aromatic heterocycles. The highest BCUT2D eigenvalue weighted by Crippen LogP contribution is 2.33. The molecule has 0 heterocycles. The van der Waals surface area contributed by atoms with Gasteiger partial charge in [0.05, 0.1) is 11.1 Å². The topological polar surface area (TPSA) is 46.2 Å². The van der Waals surface area contributed by atoms with Crippen LogP contribution in [0.4, 0.5) is 13.2 Å². The van der Waals surface area contributed by atoms with Crippen LogP contribution in [0.25, 0.3) is 0 Å². The molecule has 0 aliphatic carbocycles. The van der Waals surface area contributed by atoms with Gasteiger partial charge in [-0.15, -0.1) is 0 Å². The van der Waals surface area contributed by atoms with Gasteiger partial charge in [0.2, 0.25) is 0 Å². The summed E-state index contributed by atoms with van der Waals surface area (Å²) in [5, 5.41) is 8.89. The summed E-state index contributed by atoms with van der Waals surface area (Å²) in [6, 6.07) is -0.195. The van der Waals surface area contributed by atoms with E-state index in [9.17, 15) is 18.3 Å². The molecule has 14 heavy (non-hydrogen) atoms. The molecule has 0 spiro atoms. The van der Waals surface area contributed by atoms with Gasteiger partial charge in [0.1, 0.15) is 11.6 Å². The van der Waals surface area contributed by atoms with E-state index >= 15 is 0 Å². The van der Waals surface area contributed by atoms with Crippen molar-refractivity contribution in [2.45, 2.75) is 12.5 Å². The number of aromatic hydroxyl groups is 1. The molecule has 0 radical (unpaired) electrons. The minimum Gasteiger partial charge on any atom is -0.506 e. The van der Waals surface area contributed by atoms with Gasteiger partial charge in [-0.05, 0) is 12.1 Å². The molecule has 6 heteroatoms. The van der Waals surface area contributed by atoms with Gasteiger partial charge >= 0.3 is 0 Å². The summed E-state index contributed by atoms with van der Waals surface area (Å²) in [5.41, 5.74) is 4.64. The number of rotatable bonds is 2. The van der Waals surface area contributed by atoms with Crippen LogP contribution in [0.15, 0.2) is 12.1 Å². The van der Waals surface area contributed by atoms with E-state index in [1.165, 1.54) is 0 Å². The van der Waals surface area contributed by atoms with E-state index in [-0.39, 0.29) is 5.02 Å². The van der Waals surface area contributed by atoms with Crippen LogP contribution >= 0.6 is 11.6 Å². The van der Waals surface area contributed by atoms with E-state index in [0.29, 0.717) is 0 Å². The van der Waals surface area contributed by atoms with Crippen molar-refractivity contribution in [3.05, 3.63) is 28.5 Å². The van der Waals surface area contributed by atoms with Crippen LogP contribution < -0.4 is 5.73 Å². The third kappa shape index (κ3) is 2.10. The summed E-state index contributed by atoms with van der Waals surface area (Å²) in [6.45, 7) is 0. The first-order chi connectivity index (χ1) is 6.43. The summed E-state index contributed by atoms with van der Waals surface area (Å²) >= 11 is 5.38. The molecule has 0 amide bonds. The van der Waals surface area contributed by atoms with Crippen LogP contribution in [0.5, 0.6) is 5.75 Å². The first-order valence-electron chi connectivity index (χ1n) is 3.65. The molecule has 0 aliphatic heterocycles. The Labute approximate surface area is 83.1 Å². The Morgan fingerprint density at radius 1 is 1.36 bits per heavy atom. The second kappa shape index (κ2) is 4.06. The molecule has 2 nitrogen and oxygen atoms in total. The molecule has 0 saturated heterocycles. The maximum atomic E-state index is 12.7. The molecular formula is C8H7ClF3NO. The van der Waals surface area contributed by atoms with Gasteiger partial charge in [-0.3, -0.25) is 0 Å². The molecule has 0 unspecified atom stereocenters. The number of alkyl halides is 2. The zero-order valence-corrected chi connectivity index (χ0v) is 7.60. The number of halogens is 4. The van der Waals surface area contributed by atoms with E-state index in [0.717, 1.165) is 12.1 Å². The molecule has 0 aliphatic rings. The van der Waals surface area contributed by atoms with Crippen LogP contribution in [0.3, 0.4) is 0 Å². The molecule has 0 saturated carbocycles. The number of benzene rings is 1. The lowest BCUT2D eigenvalue weighted by molar-refractivity contribution is 0.115. The van der Waals surface area contributed by atoms with E-state index < -0.39 is 29.6 Å². The normalized spacial score (nSPS) is 13.3. The number of nitrogens with two attached hydrogens (primary N) is 1. The van der Waals surface area contributed by atoms with E-state index in [1.807, 2.05) is 0 Å². The Morgan fingerprint density at radius 3 is 2.43 bits per heavy atom. The number of phenolic OH excluding ortho intramolecular Hbond substituents is 1. The van der Waals surface area contributed by atoms with Crippen molar-refractivity contribution >= 4 is 11.6 Å². The monoisotopic (exact) mass is 225 g/mol. The average Bonchev–Trinajstić information content (AvgIpc) is 2.09. The second-order valence-electron chi connectivity index (χ2n) is 2.69. The standard InChI is InChI=1S/C8H7ClF3NO/c9-5-2-3(10)1-4(7(5)14)6(13)8(11)12/h1-2,6,8,14H,13H2/t6-/m0/s1.